The maximum Gasteiger partial charge on any atom is 0.244 e. The van der Waals surface area contributed by atoms with Gasteiger partial charge in [-0.2, -0.15) is 0 Å². The van der Waals surface area contributed by atoms with E-state index in [2.05, 4.69) is 5.32 Å². The van der Waals surface area contributed by atoms with Crippen LogP contribution in [0.3, 0.4) is 0 Å². The van der Waals surface area contributed by atoms with Gasteiger partial charge in [0.1, 0.15) is 0 Å². The van der Waals surface area contributed by atoms with Gasteiger partial charge in [0.2, 0.25) is 11.8 Å². The van der Waals surface area contributed by atoms with E-state index < -0.39 is 0 Å². The van der Waals surface area contributed by atoms with Gasteiger partial charge >= 0.3 is 0 Å². The maximum absolute atomic E-state index is 11.9. The molecule has 5 heteroatoms. The van der Waals surface area contributed by atoms with Crippen molar-refractivity contribution >= 4 is 29.1 Å². The quantitative estimate of drug-likeness (QED) is 0.903. The van der Waals surface area contributed by atoms with Gasteiger partial charge in [-0.15, -0.1) is 0 Å². The molecule has 1 aromatic carbocycles. The molecule has 0 aliphatic rings. The summed E-state index contributed by atoms with van der Waals surface area (Å²) in [6.45, 7) is 5.97. The first-order valence-corrected chi connectivity index (χ1v) is 6.63. The summed E-state index contributed by atoms with van der Waals surface area (Å²) in [6.07, 6.45) is 0.822. The summed E-state index contributed by atoms with van der Waals surface area (Å²) in [7, 11) is 0. The Labute approximate surface area is 118 Å². The lowest BCUT2D eigenvalue weighted by molar-refractivity contribution is -0.132. The molecule has 0 atom stereocenters. The number of benzene rings is 1. The SMILES string of the molecule is CCCN(CC(=O)Nc1cc(Cl)ccc1C)C(C)=O. The van der Waals surface area contributed by atoms with Crippen LogP contribution in [0.2, 0.25) is 5.02 Å². The molecular weight excluding hydrogens is 264 g/mol. The number of hydrogen-bond donors (Lipinski definition) is 1. The van der Waals surface area contributed by atoms with Crippen molar-refractivity contribution in [2.75, 3.05) is 18.4 Å². The topological polar surface area (TPSA) is 49.4 Å². The number of nitrogens with one attached hydrogen (secondary N) is 1. The molecule has 1 rings (SSSR count). The van der Waals surface area contributed by atoms with E-state index in [9.17, 15) is 9.59 Å². The zero-order chi connectivity index (χ0) is 14.4. The molecule has 19 heavy (non-hydrogen) atoms. The number of carbonyl (C=O) groups is 2. The van der Waals surface area contributed by atoms with Gasteiger partial charge in [0.25, 0.3) is 0 Å². The lowest BCUT2D eigenvalue weighted by Crippen LogP contribution is -2.37. The van der Waals surface area contributed by atoms with Crippen molar-refractivity contribution in [1.82, 2.24) is 4.90 Å². The Kier molecular flexibility index (Phi) is 5.83. The van der Waals surface area contributed by atoms with E-state index in [1.54, 1.807) is 12.1 Å². The van der Waals surface area contributed by atoms with Gasteiger partial charge in [-0.3, -0.25) is 9.59 Å². The molecule has 0 unspecified atom stereocenters. The third kappa shape index (κ3) is 4.91. The number of carbonyl (C=O) groups excluding carboxylic acids is 2. The minimum absolute atomic E-state index is 0.0646. The van der Waals surface area contributed by atoms with Gasteiger partial charge < -0.3 is 10.2 Å². The normalized spacial score (nSPS) is 10.1. The number of nitrogens with zero attached hydrogens (tertiary/aromatic N) is 1. The second kappa shape index (κ2) is 7.14. The third-order valence-electron chi connectivity index (χ3n) is 2.75. The first-order chi connectivity index (χ1) is 8.93. The number of aryl methyl sites for hydroxylation is 1. The lowest BCUT2D eigenvalue weighted by Gasteiger charge is -2.20. The molecule has 0 heterocycles. The Morgan fingerprint density at radius 1 is 1.37 bits per heavy atom. The highest BCUT2D eigenvalue weighted by Crippen LogP contribution is 2.20. The van der Waals surface area contributed by atoms with Gasteiger partial charge in [-0.1, -0.05) is 24.6 Å². The molecule has 0 saturated carbocycles. The van der Waals surface area contributed by atoms with Gasteiger partial charge in [0.15, 0.2) is 0 Å². The Balaban J connectivity index is 2.68. The van der Waals surface area contributed by atoms with Crippen LogP contribution in [0.1, 0.15) is 25.8 Å². The Morgan fingerprint density at radius 2 is 2.05 bits per heavy atom. The van der Waals surface area contributed by atoms with E-state index in [1.165, 1.54) is 11.8 Å². The van der Waals surface area contributed by atoms with Crippen molar-refractivity contribution in [2.24, 2.45) is 0 Å². The van der Waals surface area contributed by atoms with E-state index in [0.29, 0.717) is 17.3 Å². The summed E-state index contributed by atoms with van der Waals surface area (Å²) in [5.74, 6) is -0.311. The summed E-state index contributed by atoms with van der Waals surface area (Å²) < 4.78 is 0. The third-order valence-corrected chi connectivity index (χ3v) is 2.98. The number of hydrogen-bond acceptors (Lipinski definition) is 2. The molecule has 0 aliphatic carbocycles. The zero-order valence-corrected chi connectivity index (χ0v) is 12.3. The average Bonchev–Trinajstić information content (AvgIpc) is 2.33. The Bertz CT molecular complexity index is 475. The van der Waals surface area contributed by atoms with E-state index in [0.717, 1.165) is 12.0 Å². The van der Waals surface area contributed by atoms with Crippen molar-refractivity contribution in [3.63, 3.8) is 0 Å². The molecule has 2 amide bonds. The van der Waals surface area contributed by atoms with Crippen LogP contribution in [0.15, 0.2) is 18.2 Å². The minimum atomic E-state index is -0.214. The monoisotopic (exact) mass is 282 g/mol. The molecule has 4 nitrogen and oxygen atoms in total. The van der Waals surface area contributed by atoms with Crippen molar-refractivity contribution in [2.45, 2.75) is 27.2 Å². The van der Waals surface area contributed by atoms with Crippen molar-refractivity contribution in [3.8, 4) is 0 Å². The summed E-state index contributed by atoms with van der Waals surface area (Å²) >= 11 is 5.89. The molecule has 0 spiro atoms. The van der Waals surface area contributed by atoms with Crippen LogP contribution in [0.4, 0.5) is 5.69 Å². The predicted octanol–water partition coefficient (Wildman–Crippen LogP) is 2.85. The largest absolute Gasteiger partial charge is 0.334 e. The van der Waals surface area contributed by atoms with Crippen LogP contribution < -0.4 is 5.32 Å². The highest BCUT2D eigenvalue weighted by molar-refractivity contribution is 6.31. The van der Waals surface area contributed by atoms with E-state index in [4.69, 9.17) is 11.6 Å². The minimum Gasteiger partial charge on any atom is -0.334 e. The fourth-order valence-electron chi connectivity index (χ4n) is 1.71. The van der Waals surface area contributed by atoms with Crippen molar-refractivity contribution in [3.05, 3.63) is 28.8 Å². The molecule has 1 N–H and O–H groups in total. The Morgan fingerprint density at radius 3 is 2.63 bits per heavy atom. The number of anilines is 1. The Hall–Kier alpha value is -1.55. The van der Waals surface area contributed by atoms with Crippen molar-refractivity contribution < 1.29 is 9.59 Å². The first-order valence-electron chi connectivity index (χ1n) is 6.25. The van der Waals surface area contributed by atoms with Gasteiger partial charge in [-0.25, -0.2) is 0 Å². The lowest BCUT2D eigenvalue weighted by atomic mass is 10.2. The standard InChI is InChI=1S/C14H19ClN2O2/c1-4-7-17(11(3)18)9-14(19)16-13-8-12(15)6-5-10(13)2/h5-6,8H,4,7,9H2,1-3H3,(H,16,19). The fraction of sp³-hybridized carbons (Fsp3) is 0.429. The molecule has 0 fully saturated rings. The van der Waals surface area contributed by atoms with E-state index in [1.807, 2.05) is 19.9 Å². The molecule has 0 saturated heterocycles. The van der Waals surface area contributed by atoms with Crippen LogP contribution in [-0.4, -0.2) is 29.8 Å². The fourth-order valence-corrected chi connectivity index (χ4v) is 1.88. The predicted molar refractivity (Wildman–Crippen MR) is 77.4 cm³/mol. The first kappa shape index (κ1) is 15.5. The smallest absolute Gasteiger partial charge is 0.244 e. The highest BCUT2D eigenvalue weighted by Gasteiger charge is 2.13. The number of amides is 2. The summed E-state index contributed by atoms with van der Waals surface area (Å²) in [6, 6.07) is 5.31. The summed E-state index contributed by atoms with van der Waals surface area (Å²) in [4.78, 5) is 24.8. The highest BCUT2D eigenvalue weighted by atomic mass is 35.5. The van der Waals surface area contributed by atoms with Gasteiger partial charge in [0.05, 0.1) is 6.54 Å². The van der Waals surface area contributed by atoms with Crippen LogP contribution in [0.25, 0.3) is 0 Å². The van der Waals surface area contributed by atoms with Gasteiger partial charge in [0, 0.05) is 24.2 Å². The molecule has 0 radical (unpaired) electrons. The summed E-state index contributed by atoms with van der Waals surface area (Å²) in [5, 5.41) is 3.35. The molecule has 1 aromatic rings. The molecule has 0 aromatic heterocycles. The summed E-state index contributed by atoms with van der Waals surface area (Å²) in [5.41, 5.74) is 1.61. The second-order valence-corrected chi connectivity index (χ2v) is 4.88. The molecule has 0 bridgehead atoms. The number of halogens is 1. The average molecular weight is 283 g/mol. The van der Waals surface area contributed by atoms with Crippen LogP contribution >= 0.6 is 11.6 Å². The second-order valence-electron chi connectivity index (χ2n) is 4.45. The molecular formula is C14H19ClN2O2. The van der Waals surface area contributed by atoms with Gasteiger partial charge in [-0.05, 0) is 31.0 Å². The van der Waals surface area contributed by atoms with Crippen LogP contribution in [-0.2, 0) is 9.59 Å². The molecule has 0 aliphatic heterocycles. The molecule has 104 valence electrons. The van der Waals surface area contributed by atoms with Crippen LogP contribution in [0, 0.1) is 6.92 Å². The van der Waals surface area contributed by atoms with E-state index in [-0.39, 0.29) is 18.4 Å². The van der Waals surface area contributed by atoms with Crippen molar-refractivity contribution in [1.29, 1.82) is 0 Å². The maximum atomic E-state index is 11.9. The zero-order valence-electron chi connectivity index (χ0n) is 11.5. The van der Waals surface area contributed by atoms with Crippen LogP contribution in [0.5, 0.6) is 0 Å². The van der Waals surface area contributed by atoms with E-state index >= 15 is 0 Å². The number of rotatable bonds is 5.